The summed E-state index contributed by atoms with van der Waals surface area (Å²) in [6, 6.07) is 4.91. The lowest BCUT2D eigenvalue weighted by Crippen LogP contribution is -2.44. The molecule has 1 unspecified atom stereocenters. The number of nitrogens with one attached hydrogen (secondary N) is 1. The van der Waals surface area contributed by atoms with Gasteiger partial charge in [-0.15, -0.1) is 0 Å². The Morgan fingerprint density at radius 1 is 1.15 bits per heavy atom. The van der Waals surface area contributed by atoms with Crippen molar-refractivity contribution < 1.29 is 13.9 Å². The summed E-state index contributed by atoms with van der Waals surface area (Å²) in [5.74, 6) is -0.242. The van der Waals surface area contributed by atoms with Crippen LogP contribution >= 0.6 is 15.9 Å². The van der Waals surface area contributed by atoms with Crippen molar-refractivity contribution in [3.05, 3.63) is 34.1 Å². The smallest absolute Gasteiger partial charge is 0.172 e. The highest BCUT2D eigenvalue weighted by Gasteiger charge is 2.22. The standard InChI is InChI=1S/C15H23BrFNO2/c1-4-18-14(15(19-5-2)20-6-3)9-11-7-12(16)10-13(17)8-11/h7-8,10,14-15,18H,4-6,9H2,1-3H3. The fourth-order valence-corrected chi connectivity index (χ4v) is 2.63. The van der Waals surface area contributed by atoms with Gasteiger partial charge in [-0.1, -0.05) is 22.9 Å². The van der Waals surface area contributed by atoms with Crippen LogP contribution < -0.4 is 5.32 Å². The van der Waals surface area contributed by atoms with E-state index < -0.39 is 0 Å². The topological polar surface area (TPSA) is 30.5 Å². The summed E-state index contributed by atoms with van der Waals surface area (Å²) in [5.41, 5.74) is 0.909. The van der Waals surface area contributed by atoms with Crippen LogP contribution in [0.4, 0.5) is 4.39 Å². The van der Waals surface area contributed by atoms with Crippen LogP contribution in [0.25, 0.3) is 0 Å². The Morgan fingerprint density at radius 3 is 2.30 bits per heavy atom. The predicted octanol–water partition coefficient (Wildman–Crippen LogP) is 3.51. The number of rotatable bonds is 9. The fraction of sp³-hybridized carbons (Fsp3) is 0.600. The van der Waals surface area contributed by atoms with Crippen LogP contribution in [-0.2, 0) is 15.9 Å². The van der Waals surface area contributed by atoms with E-state index in [0.717, 1.165) is 16.6 Å². The van der Waals surface area contributed by atoms with Crippen molar-refractivity contribution in [1.29, 1.82) is 0 Å². The molecule has 1 atom stereocenters. The number of halogens is 2. The van der Waals surface area contributed by atoms with Gasteiger partial charge in [0.2, 0.25) is 0 Å². The van der Waals surface area contributed by atoms with Crippen LogP contribution in [0, 0.1) is 5.82 Å². The Kier molecular flexibility index (Phi) is 8.30. The van der Waals surface area contributed by atoms with E-state index >= 15 is 0 Å². The summed E-state index contributed by atoms with van der Waals surface area (Å²) >= 11 is 3.32. The molecule has 0 amide bonds. The third kappa shape index (κ3) is 5.87. The summed E-state index contributed by atoms with van der Waals surface area (Å²) in [6.07, 6.45) is 0.321. The minimum absolute atomic E-state index is 0.00593. The second-order valence-corrected chi connectivity index (χ2v) is 5.34. The monoisotopic (exact) mass is 347 g/mol. The molecule has 0 aliphatic carbocycles. The molecular formula is C15H23BrFNO2. The summed E-state index contributed by atoms with van der Waals surface area (Å²) in [5, 5.41) is 3.35. The van der Waals surface area contributed by atoms with Crippen molar-refractivity contribution in [2.75, 3.05) is 19.8 Å². The third-order valence-electron chi connectivity index (χ3n) is 2.83. The third-order valence-corrected chi connectivity index (χ3v) is 3.29. The first-order valence-electron chi connectivity index (χ1n) is 7.02. The zero-order valence-electron chi connectivity index (χ0n) is 12.3. The quantitative estimate of drug-likeness (QED) is 0.693. The van der Waals surface area contributed by atoms with E-state index in [0.29, 0.717) is 19.6 Å². The molecule has 0 aliphatic heterocycles. The van der Waals surface area contributed by atoms with Gasteiger partial charge in [-0.25, -0.2) is 4.39 Å². The lowest BCUT2D eigenvalue weighted by atomic mass is 10.1. The molecule has 1 aromatic rings. The van der Waals surface area contributed by atoms with Gasteiger partial charge in [-0.05, 0) is 50.6 Å². The molecule has 0 aliphatic rings. The first-order valence-corrected chi connectivity index (χ1v) is 7.81. The molecule has 114 valence electrons. The molecule has 1 N–H and O–H groups in total. The molecule has 20 heavy (non-hydrogen) atoms. The molecule has 1 aromatic carbocycles. The van der Waals surface area contributed by atoms with Crippen LogP contribution in [0.2, 0.25) is 0 Å². The molecule has 0 aromatic heterocycles. The van der Waals surface area contributed by atoms with E-state index in [1.54, 1.807) is 6.07 Å². The zero-order chi connectivity index (χ0) is 15.0. The average molecular weight is 348 g/mol. The van der Waals surface area contributed by atoms with E-state index in [2.05, 4.69) is 21.2 Å². The van der Waals surface area contributed by atoms with E-state index in [-0.39, 0.29) is 18.1 Å². The maximum atomic E-state index is 13.4. The van der Waals surface area contributed by atoms with Crippen LogP contribution in [0.1, 0.15) is 26.3 Å². The van der Waals surface area contributed by atoms with Gasteiger partial charge in [0.15, 0.2) is 6.29 Å². The molecule has 0 fully saturated rings. The van der Waals surface area contributed by atoms with Gasteiger partial charge in [-0.2, -0.15) is 0 Å². The molecule has 5 heteroatoms. The fourth-order valence-electron chi connectivity index (χ4n) is 2.12. The van der Waals surface area contributed by atoms with Gasteiger partial charge >= 0.3 is 0 Å². The van der Waals surface area contributed by atoms with Gasteiger partial charge in [0.25, 0.3) is 0 Å². The Bertz CT molecular complexity index is 377. The summed E-state index contributed by atoms with van der Waals surface area (Å²) < 4.78 is 25.5. The minimum Gasteiger partial charge on any atom is -0.351 e. The molecule has 0 saturated heterocycles. The molecule has 3 nitrogen and oxygen atoms in total. The second kappa shape index (κ2) is 9.45. The molecule has 0 heterocycles. The molecule has 0 spiro atoms. The van der Waals surface area contributed by atoms with Crippen molar-refractivity contribution >= 4 is 15.9 Å². The SMILES string of the molecule is CCNC(Cc1cc(F)cc(Br)c1)C(OCC)OCC. The normalized spacial score (nSPS) is 12.9. The van der Waals surface area contributed by atoms with Gasteiger partial charge in [0, 0.05) is 17.7 Å². The van der Waals surface area contributed by atoms with Crippen molar-refractivity contribution in [3.63, 3.8) is 0 Å². The summed E-state index contributed by atoms with van der Waals surface area (Å²) in [6.45, 7) is 7.88. The number of hydrogen-bond donors (Lipinski definition) is 1. The summed E-state index contributed by atoms with van der Waals surface area (Å²) in [7, 11) is 0. The largest absolute Gasteiger partial charge is 0.351 e. The summed E-state index contributed by atoms with van der Waals surface area (Å²) in [4.78, 5) is 0. The Balaban J connectivity index is 2.83. The van der Waals surface area contributed by atoms with Crippen molar-refractivity contribution in [2.45, 2.75) is 39.5 Å². The highest BCUT2D eigenvalue weighted by molar-refractivity contribution is 9.10. The Labute approximate surface area is 129 Å². The van der Waals surface area contributed by atoms with E-state index in [1.165, 1.54) is 6.07 Å². The Morgan fingerprint density at radius 2 is 1.80 bits per heavy atom. The van der Waals surface area contributed by atoms with E-state index in [4.69, 9.17) is 9.47 Å². The van der Waals surface area contributed by atoms with Gasteiger partial charge < -0.3 is 14.8 Å². The van der Waals surface area contributed by atoms with Crippen molar-refractivity contribution in [1.82, 2.24) is 5.32 Å². The number of hydrogen-bond acceptors (Lipinski definition) is 3. The number of benzene rings is 1. The average Bonchev–Trinajstić information content (AvgIpc) is 2.37. The number of likely N-dealkylation sites (N-methyl/N-ethyl adjacent to an activating group) is 1. The predicted molar refractivity (Wildman–Crippen MR) is 82.3 cm³/mol. The maximum Gasteiger partial charge on any atom is 0.172 e. The molecule has 0 saturated carbocycles. The molecule has 0 radical (unpaired) electrons. The van der Waals surface area contributed by atoms with Crippen LogP contribution in [0.5, 0.6) is 0 Å². The first kappa shape index (κ1) is 17.6. The lowest BCUT2D eigenvalue weighted by molar-refractivity contribution is -0.153. The molecule has 0 bridgehead atoms. The molecular weight excluding hydrogens is 325 g/mol. The molecule has 1 rings (SSSR count). The second-order valence-electron chi connectivity index (χ2n) is 4.43. The Hall–Kier alpha value is -0.490. The van der Waals surface area contributed by atoms with Crippen LogP contribution in [0.3, 0.4) is 0 Å². The highest BCUT2D eigenvalue weighted by atomic mass is 79.9. The van der Waals surface area contributed by atoms with E-state index in [9.17, 15) is 4.39 Å². The van der Waals surface area contributed by atoms with Crippen LogP contribution in [-0.4, -0.2) is 32.1 Å². The first-order chi connectivity index (χ1) is 9.60. The van der Waals surface area contributed by atoms with E-state index in [1.807, 2.05) is 26.8 Å². The van der Waals surface area contributed by atoms with Crippen LogP contribution in [0.15, 0.2) is 22.7 Å². The van der Waals surface area contributed by atoms with Crippen molar-refractivity contribution in [3.8, 4) is 0 Å². The van der Waals surface area contributed by atoms with Gasteiger partial charge in [0.1, 0.15) is 5.82 Å². The lowest BCUT2D eigenvalue weighted by Gasteiger charge is -2.27. The zero-order valence-corrected chi connectivity index (χ0v) is 13.9. The maximum absolute atomic E-state index is 13.4. The van der Waals surface area contributed by atoms with Crippen molar-refractivity contribution in [2.24, 2.45) is 0 Å². The van der Waals surface area contributed by atoms with Gasteiger partial charge in [0.05, 0.1) is 6.04 Å². The number of ether oxygens (including phenoxy) is 2. The van der Waals surface area contributed by atoms with Gasteiger partial charge in [-0.3, -0.25) is 0 Å². The minimum atomic E-state index is -0.327. The highest BCUT2D eigenvalue weighted by Crippen LogP contribution is 2.18.